The van der Waals surface area contributed by atoms with Gasteiger partial charge >= 0.3 is 0 Å². The number of ether oxygens (including phenoxy) is 2. The van der Waals surface area contributed by atoms with Gasteiger partial charge in [0.2, 0.25) is 11.8 Å². The second-order valence-electron chi connectivity index (χ2n) is 10.1. The Balaban J connectivity index is 1.70. The van der Waals surface area contributed by atoms with Crippen LogP contribution in [0.25, 0.3) is 0 Å². The van der Waals surface area contributed by atoms with E-state index in [0.717, 1.165) is 30.0 Å². The van der Waals surface area contributed by atoms with Crippen LogP contribution in [0.1, 0.15) is 38.2 Å². The monoisotopic (exact) mass is 613 g/mol. The number of para-hydroxylation sites is 1. The molecule has 3 aromatic carbocycles. The lowest BCUT2D eigenvalue weighted by Gasteiger charge is -2.32. The number of carbonyl (C=O) groups is 2. The molecule has 0 bridgehead atoms. The van der Waals surface area contributed by atoms with E-state index in [1.165, 1.54) is 37.3 Å². The molecule has 0 radical (unpaired) electrons. The Hall–Kier alpha value is -3.76. The molecule has 1 aliphatic carbocycles. The number of rotatable bonds is 12. The van der Waals surface area contributed by atoms with Gasteiger partial charge in [-0.25, -0.2) is 8.42 Å². The highest BCUT2D eigenvalue weighted by Crippen LogP contribution is 2.32. The van der Waals surface area contributed by atoms with Gasteiger partial charge in [0.1, 0.15) is 12.6 Å². The SMILES string of the molecule is COc1ccc(S(=O)(=O)N(CC(=O)N(Cc2ccccc2Cl)[C@H](C)C(=O)NC2CCCC2)c2ccccc2)cc1OC. The van der Waals surface area contributed by atoms with Crippen LogP contribution in [0.5, 0.6) is 11.5 Å². The van der Waals surface area contributed by atoms with Crippen LogP contribution < -0.4 is 19.1 Å². The molecule has 1 fully saturated rings. The number of hydrogen-bond donors (Lipinski definition) is 1. The Morgan fingerprint density at radius 3 is 2.24 bits per heavy atom. The minimum atomic E-state index is -4.26. The highest BCUT2D eigenvalue weighted by atomic mass is 35.5. The molecule has 0 aliphatic heterocycles. The summed E-state index contributed by atoms with van der Waals surface area (Å²) in [7, 11) is -1.39. The zero-order valence-corrected chi connectivity index (χ0v) is 25.5. The molecule has 0 aromatic heterocycles. The summed E-state index contributed by atoms with van der Waals surface area (Å²) >= 11 is 6.44. The summed E-state index contributed by atoms with van der Waals surface area (Å²) in [5.74, 6) is -0.254. The van der Waals surface area contributed by atoms with Gasteiger partial charge < -0.3 is 19.7 Å². The third-order valence-corrected chi connectivity index (χ3v) is 9.57. The number of methoxy groups -OCH3 is 2. The predicted octanol–water partition coefficient (Wildman–Crippen LogP) is 5.03. The summed E-state index contributed by atoms with van der Waals surface area (Å²) in [6, 6.07) is 18.9. The molecule has 1 aliphatic rings. The molecule has 11 heteroatoms. The molecular formula is C31H36ClN3O6S. The lowest BCUT2D eigenvalue weighted by Crippen LogP contribution is -2.52. The largest absolute Gasteiger partial charge is 0.493 e. The third kappa shape index (κ3) is 7.17. The van der Waals surface area contributed by atoms with Crippen molar-refractivity contribution in [2.45, 2.75) is 56.1 Å². The molecule has 224 valence electrons. The maximum atomic E-state index is 14.1. The first kappa shape index (κ1) is 31.2. The summed E-state index contributed by atoms with van der Waals surface area (Å²) in [5, 5.41) is 3.50. The average molecular weight is 614 g/mol. The zero-order valence-electron chi connectivity index (χ0n) is 24.0. The quantitative estimate of drug-likeness (QED) is 0.307. The van der Waals surface area contributed by atoms with Gasteiger partial charge in [-0.2, -0.15) is 0 Å². The fourth-order valence-corrected chi connectivity index (χ4v) is 6.64. The maximum Gasteiger partial charge on any atom is 0.264 e. The number of anilines is 1. The van der Waals surface area contributed by atoms with Crippen LogP contribution in [0.4, 0.5) is 5.69 Å². The van der Waals surface area contributed by atoms with E-state index in [0.29, 0.717) is 22.0 Å². The molecule has 0 saturated heterocycles. The van der Waals surface area contributed by atoms with Crippen molar-refractivity contribution in [3.05, 3.63) is 83.4 Å². The van der Waals surface area contributed by atoms with Crippen LogP contribution in [0.3, 0.4) is 0 Å². The van der Waals surface area contributed by atoms with Crippen molar-refractivity contribution in [1.82, 2.24) is 10.2 Å². The first-order valence-corrected chi connectivity index (χ1v) is 15.6. The number of amides is 2. The smallest absolute Gasteiger partial charge is 0.264 e. The molecule has 0 spiro atoms. The average Bonchev–Trinajstić information content (AvgIpc) is 3.52. The molecule has 0 heterocycles. The zero-order chi connectivity index (χ0) is 30.3. The first-order chi connectivity index (χ1) is 20.1. The summed E-state index contributed by atoms with van der Waals surface area (Å²) in [6.07, 6.45) is 3.87. The molecule has 42 heavy (non-hydrogen) atoms. The van der Waals surface area contributed by atoms with E-state index >= 15 is 0 Å². The molecule has 1 saturated carbocycles. The molecule has 3 aromatic rings. The second kappa shape index (κ2) is 13.9. The number of carbonyl (C=O) groups excluding carboxylic acids is 2. The van der Waals surface area contributed by atoms with Gasteiger partial charge in [-0.05, 0) is 55.7 Å². The van der Waals surface area contributed by atoms with Crippen LogP contribution in [0.2, 0.25) is 5.02 Å². The van der Waals surface area contributed by atoms with Crippen molar-refractivity contribution >= 4 is 39.1 Å². The Bertz CT molecular complexity index is 1500. The number of benzene rings is 3. The standard InChI is InChI=1S/C31H36ClN3O6S/c1-22(31(37)33-24-12-8-9-13-24)34(20-23-11-7-10-16-27(23)32)30(36)21-35(25-14-5-4-6-15-25)42(38,39)26-17-18-28(40-2)29(19-26)41-3/h4-7,10-11,14-19,22,24H,8-9,12-13,20-21H2,1-3H3,(H,33,37)/t22-/m1/s1. The number of hydrogen-bond acceptors (Lipinski definition) is 6. The molecule has 9 nitrogen and oxygen atoms in total. The van der Waals surface area contributed by atoms with Crippen LogP contribution in [-0.4, -0.2) is 58.0 Å². The molecule has 1 N–H and O–H groups in total. The number of sulfonamides is 1. The molecule has 2 amide bonds. The maximum absolute atomic E-state index is 14.1. The van der Waals surface area contributed by atoms with Crippen molar-refractivity contribution < 1.29 is 27.5 Å². The Morgan fingerprint density at radius 1 is 0.952 bits per heavy atom. The second-order valence-corrected chi connectivity index (χ2v) is 12.4. The van der Waals surface area contributed by atoms with Gasteiger partial charge in [-0.3, -0.25) is 13.9 Å². The van der Waals surface area contributed by atoms with Gasteiger partial charge in [0.25, 0.3) is 10.0 Å². The lowest BCUT2D eigenvalue weighted by atomic mass is 10.1. The van der Waals surface area contributed by atoms with Crippen molar-refractivity contribution in [3.63, 3.8) is 0 Å². The Kier molecular flexibility index (Phi) is 10.3. The Morgan fingerprint density at radius 2 is 1.60 bits per heavy atom. The predicted molar refractivity (Wildman–Crippen MR) is 162 cm³/mol. The van der Waals surface area contributed by atoms with E-state index in [1.807, 2.05) is 0 Å². The van der Waals surface area contributed by atoms with Gasteiger partial charge in [0.15, 0.2) is 11.5 Å². The molecule has 0 unspecified atom stereocenters. The normalized spacial score (nSPS) is 14.2. The number of halogens is 1. The minimum absolute atomic E-state index is 0.0246. The van der Waals surface area contributed by atoms with E-state index in [4.69, 9.17) is 21.1 Å². The van der Waals surface area contributed by atoms with Gasteiger partial charge in [-0.1, -0.05) is 60.8 Å². The van der Waals surface area contributed by atoms with Gasteiger partial charge in [0, 0.05) is 23.7 Å². The minimum Gasteiger partial charge on any atom is -0.493 e. The van der Waals surface area contributed by atoms with Crippen LogP contribution in [-0.2, 0) is 26.2 Å². The number of nitrogens with zero attached hydrogens (tertiary/aromatic N) is 2. The van der Waals surface area contributed by atoms with Crippen molar-refractivity contribution in [2.24, 2.45) is 0 Å². The van der Waals surface area contributed by atoms with Gasteiger partial charge in [0.05, 0.1) is 24.8 Å². The highest BCUT2D eigenvalue weighted by Gasteiger charge is 2.34. The van der Waals surface area contributed by atoms with Crippen molar-refractivity contribution in [3.8, 4) is 11.5 Å². The summed E-state index contributed by atoms with van der Waals surface area (Å²) < 4.78 is 39.8. The van der Waals surface area contributed by atoms with E-state index in [2.05, 4.69) is 5.32 Å². The van der Waals surface area contributed by atoms with Crippen LogP contribution in [0.15, 0.2) is 77.7 Å². The topological polar surface area (TPSA) is 105 Å². The Labute approximate surface area is 252 Å². The highest BCUT2D eigenvalue weighted by molar-refractivity contribution is 7.92. The van der Waals surface area contributed by atoms with Crippen molar-refractivity contribution in [2.75, 3.05) is 25.1 Å². The molecule has 1 atom stereocenters. The number of nitrogens with one attached hydrogen (secondary N) is 1. The van der Waals surface area contributed by atoms with Crippen LogP contribution in [0, 0.1) is 0 Å². The lowest BCUT2D eigenvalue weighted by molar-refractivity contribution is -0.139. The molecule has 4 rings (SSSR count). The summed E-state index contributed by atoms with van der Waals surface area (Å²) in [4.78, 5) is 28.7. The van der Waals surface area contributed by atoms with E-state index < -0.39 is 28.5 Å². The van der Waals surface area contributed by atoms with E-state index in [-0.39, 0.29) is 29.1 Å². The summed E-state index contributed by atoms with van der Waals surface area (Å²) in [5.41, 5.74) is 0.934. The first-order valence-electron chi connectivity index (χ1n) is 13.8. The van der Waals surface area contributed by atoms with E-state index in [9.17, 15) is 18.0 Å². The molecular weight excluding hydrogens is 578 g/mol. The summed E-state index contributed by atoms with van der Waals surface area (Å²) in [6.45, 7) is 1.12. The fourth-order valence-electron chi connectivity index (χ4n) is 5.01. The van der Waals surface area contributed by atoms with Crippen molar-refractivity contribution in [1.29, 1.82) is 0 Å². The van der Waals surface area contributed by atoms with E-state index in [1.54, 1.807) is 61.5 Å². The van der Waals surface area contributed by atoms with Crippen LogP contribution >= 0.6 is 11.6 Å². The van der Waals surface area contributed by atoms with Gasteiger partial charge in [-0.15, -0.1) is 0 Å². The fraction of sp³-hybridized carbons (Fsp3) is 0.355. The third-order valence-electron chi connectivity index (χ3n) is 7.43.